The topological polar surface area (TPSA) is 117 Å². The summed E-state index contributed by atoms with van der Waals surface area (Å²) in [6.07, 6.45) is 2.00. The third-order valence-corrected chi connectivity index (χ3v) is 4.21. The minimum Gasteiger partial charge on any atom is -0.465 e. The summed E-state index contributed by atoms with van der Waals surface area (Å²) in [6.45, 7) is 0.871. The summed E-state index contributed by atoms with van der Waals surface area (Å²) in [5.74, 6) is -0.434. The number of aromatic nitrogens is 4. The number of benzene rings is 1. The van der Waals surface area contributed by atoms with Crippen molar-refractivity contribution in [3.63, 3.8) is 0 Å². The summed E-state index contributed by atoms with van der Waals surface area (Å²) in [7, 11) is 1.33. The van der Waals surface area contributed by atoms with Gasteiger partial charge in [-0.2, -0.15) is 20.4 Å². The maximum atomic E-state index is 11.6. The number of esters is 1. The largest absolute Gasteiger partial charge is 0.465 e. The highest BCUT2D eigenvalue weighted by Gasteiger charge is 2.41. The van der Waals surface area contributed by atoms with Gasteiger partial charge in [0.15, 0.2) is 5.58 Å². The molecule has 3 aromatic rings. The minimum absolute atomic E-state index is 0.302. The second-order valence-corrected chi connectivity index (χ2v) is 5.73. The van der Waals surface area contributed by atoms with Gasteiger partial charge < -0.3 is 19.2 Å². The summed E-state index contributed by atoms with van der Waals surface area (Å²) in [4.78, 5) is 17.9. The predicted molar refractivity (Wildman–Crippen MR) is 82.5 cm³/mol. The molecule has 0 saturated carbocycles. The molecule has 2 aromatic heterocycles. The van der Waals surface area contributed by atoms with Crippen molar-refractivity contribution in [1.82, 2.24) is 20.4 Å². The highest BCUT2D eigenvalue weighted by Crippen LogP contribution is 2.34. The zero-order valence-electron chi connectivity index (χ0n) is 12.9. The zero-order chi connectivity index (χ0) is 16.7. The maximum absolute atomic E-state index is 11.6. The zero-order valence-corrected chi connectivity index (χ0v) is 12.9. The van der Waals surface area contributed by atoms with E-state index in [0.29, 0.717) is 47.9 Å². The van der Waals surface area contributed by atoms with Crippen molar-refractivity contribution in [2.75, 3.05) is 25.1 Å². The molecule has 1 fully saturated rings. The normalized spacial score (nSPS) is 20.7. The van der Waals surface area contributed by atoms with Crippen molar-refractivity contribution < 1.29 is 19.1 Å². The number of nitrogens with one attached hydrogen (secondary N) is 1. The lowest BCUT2D eigenvalue weighted by Crippen LogP contribution is -2.31. The van der Waals surface area contributed by atoms with Gasteiger partial charge in [0.25, 0.3) is 6.01 Å². The lowest BCUT2D eigenvalue weighted by atomic mass is 10.0. The maximum Gasteiger partial charge on any atom is 0.337 e. The second-order valence-electron chi connectivity index (χ2n) is 5.73. The molecule has 1 saturated heterocycles. The van der Waals surface area contributed by atoms with Crippen LogP contribution < -0.4 is 4.90 Å². The number of oxazole rings is 1. The number of β-amino-alcohol motifs (C(OH)–C–C–N with tert-alkyl or cyclic N) is 1. The van der Waals surface area contributed by atoms with Crippen molar-refractivity contribution >= 4 is 23.1 Å². The van der Waals surface area contributed by atoms with Gasteiger partial charge in [-0.15, -0.1) is 0 Å². The Labute approximate surface area is 136 Å². The molecule has 1 aliphatic rings. The Hall–Kier alpha value is -2.94. The summed E-state index contributed by atoms with van der Waals surface area (Å²) >= 11 is 0. The fourth-order valence-corrected chi connectivity index (χ4v) is 2.88. The first-order chi connectivity index (χ1) is 11.6. The van der Waals surface area contributed by atoms with Crippen LogP contribution >= 0.6 is 0 Å². The van der Waals surface area contributed by atoms with E-state index >= 15 is 0 Å². The average molecular weight is 329 g/mol. The Morgan fingerprint density at radius 1 is 1.50 bits per heavy atom. The molecule has 24 heavy (non-hydrogen) atoms. The van der Waals surface area contributed by atoms with E-state index in [2.05, 4.69) is 20.4 Å². The quantitative estimate of drug-likeness (QED) is 0.679. The fraction of sp³-hybridized carbons (Fsp3) is 0.333. The third-order valence-electron chi connectivity index (χ3n) is 4.21. The number of ether oxygens (including phenoxy) is 1. The number of fused-ring (bicyclic) bond motifs is 1. The average Bonchev–Trinajstić information content (AvgIpc) is 3.32. The molecule has 3 heterocycles. The van der Waals surface area contributed by atoms with Crippen molar-refractivity contribution in [3.8, 4) is 0 Å². The van der Waals surface area contributed by atoms with E-state index in [1.165, 1.54) is 13.3 Å². The summed E-state index contributed by atoms with van der Waals surface area (Å²) in [5.41, 5.74) is 0.923. The second kappa shape index (κ2) is 5.31. The van der Waals surface area contributed by atoms with Crippen LogP contribution in [0.15, 0.2) is 28.8 Å². The first kappa shape index (κ1) is 14.6. The molecule has 0 amide bonds. The molecular weight excluding hydrogens is 314 g/mol. The van der Waals surface area contributed by atoms with E-state index < -0.39 is 11.6 Å². The number of aromatic amines is 1. The third kappa shape index (κ3) is 2.29. The highest BCUT2D eigenvalue weighted by atomic mass is 16.5. The van der Waals surface area contributed by atoms with E-state index in [-0.39, 0.29) is 0 Å². The number of H-pyrrole nitrogens is 1. The van der Waals surface area contributed by atoms with E-state index in [9.17, 15) is 9.90 Å². The van der Waals surface area contributed by atoms with Gasteiger partial charge in [-0.1, -0.05) is 0 Å². The van der Waals surface area contributed by atoms with Crippen LogP contribution in [0.4, 0.5) is 6.01 Å². The molecule has 0 radical (unpaired) electrons. The van der Waals surface area contributed by atoms with Gasteiger partial charge >= 0.3 is 5.97 Å². The Bertz CT molecular complexity index is 891. The number of nitrogens with zero attached hydrogens (tertiary/aromatic N) is 4. The van der Waals surface area contributed by atoms with Crippen LogP contribution in [-0.2, 0) is 10.3 Å². The number of anilines is 1. The molecule has 9 heteroatoms. The molecule has 1 aliphatic heterocycles. The van der Waals surface area contributed by atoms with Crippen LogP contribution in [-0.4, -0.2) is 51.7 Å². The first-order valence-electron chi connectivity index (χ1n) is 7.41. The number of hydrogen-bond donors (Lipinski definition) is 2. The van der Waals surface area contributed by atoms with Crippen LogP contribution in [0.2, 0.25) is 0 Å². The van der Waals surface area contributed by atoms with Gasteiger partial charge in [0.2, 0.25) is 0 Å². The first-order valence-corrected chi connectivity index (χ1v) is 7.41. The summed E-state index contributed by atoms with van der Waals surface area (Å²) < 4.78 is 10.5. The molecule has 0 bridgehead atoms. The lowest BCUT2D eigenvalue weighted by Gasteiger charge is -2.19. The SMILES string of the molecule is COC(=O)c1ccc2nc(N3CCC(O)(c4cn[nH]n4)C3)oc2c1. The molecular formula is C15H15N5O4. The molecule has 0 spiro atoms. The van der Waals surface area contributed by atoms with Crippen molar-refractivity contribution in [3.05, 3.63) is 35.7 Å². The van der Waals surface area contributed by atoms with Crippen molar-refractivity contribution in [2.45, 2.75) is 12.0 Å². The van der Waals surface area contributed by atoms with Gasteiger partial charge in [-0.25, -0.2) is 4.79 Å². The lowest BCUT2D eigenvalue weighted by molar-refractivity contribution is 0.0556. The molecule has 1 atom stereocenters. The fourth-order valence-electron chi connectivity index (χ4n) is 2.88. The Balaban J connectivity index is 1.62. The van der Waals surface area contributed by atoms with E-state index in [4.69, 9.17) is 9.15 Å². The number of carbonyl (C=O) groups is 1. The molecule has 1 unspecified atom stereocenters. The van der Waals surface area contributed by atoms with Crippen molar-refractivity contribution in [1.29, 1.82) is 0 Å². The van der Waals surface area contributed by atoms with Gasteiger partial charge in [0.05, 0.1) is 25.4 Å². The molecule has 1 aromatic carbocycles. The molecule has 4 rings (SSSR count). The predicted octanol–water partition coefficient (Wildman–Crippen LogP) is 0.830. The summed E-state index contributed by atoms with van der Waals surface area (Å²) in [6, 6.07) is 5.33. The molecule has 124 valence electrons. The van der Waals surface area contributed by atoms with Crippen LogP contribution in [0.3, 0.4) is 0 Å². The van der Waals surface area contributed by atoms with Gasteiger partial charge in [0, 0.05) is 13.0 Å². The number of rotatable bonds is 3. The Kier molecular flexibility index (Phi) is 3.24. The number of hydrogen-bond acceptors (Lipinski definition) is 8. The van der Waals surface area contributed by atoms with E-state index in [0.717, 1.165) is 0 Å². The minimum atomic E-state index is -1.09. The van der Waals surface area contributed by atoms with Crippen LogP contribution in [0.25, 0.3) is 11.1 Å². The van der Waals surface area contributed by atoms with Gasteiger partial charge in [-0.3, -0.25) is 0 Å². The standard InChI is InChI=1S/C15H15N5O4/c1-23-13(21)9-2-3-10-11(6-9)24-14(17-10)20-5-4-15(22,8-20)12-7-16-19-18-12/h2-3,6-7,22H,4-5,8H2,1H3,(H,16,18,19). The Morgan fingerprint density at radius 3 is 3.12 bits per heavy atom. The van der Waals surface area contributed by atoms with Gasteiger partial charge in [-0.05, 0) is 18.2 Å². The van der Waals surface area contributed by atoms with Crippen LogP contribution in [0.1, 0.15) is 22.5 Å². The monoisotopic (exact) mass is 329 g/mol. The number of methoxy groups -OCH3 is 1. The van der Waals surface area contributed by atoms with Crippen LogP contribution in [0.5, 0.6) is 0 Å². The number of carbonyl (C=O) groups excluding carboxylic acids is 1. The smallest absolute Gasteiger partial charge is 0.337 e. The van der Waals surface area contributed by atoms with Crippen molar-refractivity contribution in [2.24, 2.45) is 0 Å². The molecule has 9 nitrogen and oxygen atoms in total. The summed E-state index contributed by atoms with van der Waals surface area (Å²) in [5, 5.41) is 20.9. The molecule has 0 aliphatic carbocycles. The van der Waals surface area contributed by atoms with E-state index in [1.807, 2.05) is 4.90 Å². The van der Waals surface area contributed by atoms with E-state index in [1.54, 1.807) is 18.2 Å². The highest BCUT2D eigenvalue weighted by molar-refractivity contribution is 5.93. The molecule has 2 N–H and O–H groups in total. The van der Waals surface area contributed by atoms with Crippen LogP contribution in [0, 0.1) is 0 Å². The van der Waals surface area contributed by atoms with Gasteiger partial charge in [0.1, 0.15) is 16.8 Å². The Morgan fingerprint density at radius 2 is 2.38 bits per heavy atom. The number of aliphatic hydroxyl groups is 1.